The Morgan fingerprint density at radius 1 is 1.41 bits per heavy atom. The number of esters is 1. The van der Waals surface area contributed by atoms with Crippen molar-refractivity contribution in [2.24, 2.45) is 5.41 Å². The first kappa shape index (κ1) is 14.5. The van der Waals surface area contributed by atoms with Crippen molar-refractivity contribution in [1.82, 2.24) is 5.32 Å². The van der Waals surface area contributed by atoms with Crippen LogP contribution in [0.4, 0.5) is 0 Å². The molecule has 0 aromatic heterocycles. The van der Waals surface area contributed by atoms with Gasteiger partial charge in [-0.15, -0.1) is 0 Å². The van der Waals surface area contributed by atoms with Gasteiger partial charge in [-0.1, -0.05) is 26.2 Å². The Morgan fingerprint density at radius 2 is 2.06 bits per heavy atom. The topological polar surface area (TPSA) is 58.6 Å². The molecule has 0 aromatic carbocycles. The summed E-state index contributed by atoms with van der Waals surface area (Å²) in [6.07, 6.45) is 6.43. The fourth-order valence-corrected chi connectivity index (χ4v) is 2.57. The maximum absolute atomic E-state index is 11.5. The van der Waals surface area contributed by atoms with Crippen molar-refractivity contribution < 1.29 is 14.6 Å². The lowest BCUT2D eigenvalue weighted by atomic mass is 9.74. The van der Waals surface area contributed by atoms with E-state index < -0.39 is 0 Å². The summed E-state index contributed by atoms with van der Waals surface area (Å²) in [5, 5.41) is 12.8. The molecule has 2 N–H and O–H groups in total. The summed E-state index contributed by atoms with van der Waals surface area (Å²) in [5.74, 6) is -0.212. The number of hydrogen-bond acceptors (Lipinski definition) is 4. The number of methoxy groups -OCH3 is 1. The van der Waals surface area contributed by atoms with Crippen molar-refractivity contribution in [2.45, 2.75) is 51.5 Å². The first-order chi connectivity index (χ1) is 8.17. The minimum Gasteiger partial charge on any atom is -0.468 e. The molecule has 0 saturated heterocycles. The van der Waals surface area contributed by atoms with E-state index in [2.05, 4.69) is 5.32 Å². The van der Waals surface area contributed by atoms with Crippen molar-refractivity contribution in [2.75, 3.05) is 20.3 Å². The number of carbonyl (C=O) groups excluding carboxylic acids is 1. The van der Waals surface area contributed by atoms with Gasteiger partial charge in [-0.05, 0) is 19.3 Å². The zero-order chi connectivity index (χ0) is 12.7. The molecule has 0 heterocycles. The van der Waals surface area contributed by atoms with E-state index in [-0.39, 0.29) is 24.0 Å². The van der Waals surface area contributed by atoms with E-state index in [0.29, 0.717) is 13.0 Å². The number of nitrogens with one attached hydrogen (secondary N) is 1. The molecule has 4 nitrogen and oxygen atoms in total. The molecule has 1 unspecified atom stereocenters. The van der Waals surface area contributed by atoms with Gasteiger partial charge in [-0.25, -0.2) is 0 Å². The molecule has 4 heteroatoms. The number of hydrogen-bond donors (Lipinski definition) is 2. The number of aliphatic hydroxyl groups is 1. The molecule has 1 atom stereocenters. The van der Waals surface area contributed by atoms with E-state index in [1.807, 2.05) is 6.92 Å². The van der Waals surface area contributed by atoms with E-state index in [0.717, 1.165) is 12.8 Å². The normalized spacial score (nSPS) is 20.9. The highest BCUT2D eigenvalue weighted by atomic mass is 16.5. The first-order valence-electron chi connectivity index (χ1n) is 6.59. The first-order valence-corrected chi connectivity index (χ1v) is 6.59. The van der Waals surface area contributed by atoms with Crippen LogP contribution in [0.1, 0.15) is 45.4 Å². The average Bonchev–Trinajstić information content (AvgIpc) is 2.40. The maximum Gasteiger partial charge on any atom is 0.322 e. The highest BCUT2D eigenvalue weighted by molar-refractivity contribution is 5.75. The van der Waals surface area contributed by atoms with Crippen LogP contribution < -0.4 is 5.32 Å². The molecule has 17 heavy (non-hydrogen) atoms. The molecular weight excluding hydrogens is 218 g/mol. The Balaban J connectivity index is 2.48. The lowest BCUT2D eigenvalue weighted by Crippen LogP contribution is -2.46. The quantitative estimate of drug-likeness (QED) is 0.694. The van der Waals surface area contributed by atoms with Crippen molar-refractivity contribution in [3.05, 3.63) is 0 Å². The number of rotatable bonds is 6. The second kappa shape index (κ2) is 6.97. The van der Waals surface area contributed by atoms with E-state index in [9.17, 15) is 9.90 Å². The second-order valence-electron chi connectivity index (χ2n) is 5.08. The zero-order valence-electron chi connectivity index (χ0n) is 11.0. The molecule has 1 saturated carbocycles. The van der Waals surface area contributed by atoms with E-state index >= 15 is 0 Å². The van der Waals surface area contributed by atoms with Gasteiger partial charge in [-0.2, -0.15) is 0 Å². The fraction of sp³-hybridized carbons (Fsp3) is 0.923. The standard InChI is InChI=1S/C13H25NO3/c1-3-11(12(16)17-2)14-9-13(10-15)7-5-4-6-8-13/h11,14-15H,3-10H2,1-2H3. The molecule has 0 radical (unpaired) electrons. The summed E-state index contributed by atoms with van der Waals surface area (Å²) in [6, 6.07) is -0.245. The third-order valence-electron chi connectivity index (χ3n) is 3.87. The van der Waals surface area contributed by atoms with E-state index in [4.69, 9.17) is 4.74 Å². The van der Waals surface area contributed by atoms with Gasteiger partial charge in [-0.3, -0.25) is 4.79 Å². The molecule has 1 rings (SSSR count). The van der Waals surface area contributed by atoms with E-state index in [1.165, 1.54) is 26.4 Å². The maximum atomic E-state index is 11.5. The number of ether oxygens (including phenoxy) is 1. The van der Waals surface area contributed by atoms with Crippen LogP contribution in [0, 0.1) is 5.41 Å². The van der Waals surface area contributed by atoms with Crippen LogP contribution >= 0.6 is 0 Å². The van der Waals surface area contributed by atoms with Crippen LogP contribution in [0.2, 0.25) is 0 Å². The largest absolute Gasteiger partial charge is 0.468 e. The van der Waals surface area contributed by atoms with Gasteiger partial charge in [0.2, 0.25) is 0 Å². The summed E-state index contributed by atoms with van der Waals surface area (Å²) in [7, 11) is 1.41. The van der Waals surface area contributed by atoms with E-state index in [1.54, 1.807) is 0 Å². The predicted molar refractivity (Wildman–Crippen MR) is 66.7 cm³/mol. The Bertz CT molecular complexity index is 237. The molecule has 0 aromatic rings. The van der Waals surface area contributed by atoms with Crippen LogP contribution in [0.3, 0.4) is 0 Å². The summed E-state index contributed by atoms with van der Waals surface area (Å²) in [6.45, 7) is 2.87. The Labute approximate surface area is 104 Å². The summed E-state index contributed by atoms with van der Waals surface area (Å²) in [5.41, 5.74) is -0.0281. The Hall–Kier alpha value is -0.610. The molecule has 1 aliphatic carbocycles. The van der Waals surface area contributed by atoms with Crippen molar-refractivity contribution in [1.29, 1.82) is 0 Å². The molecule has 0 spiro atoms. The molecule has 1 aliphatic rings. The molecule has 0 aliphatic heterocycles. The summed E-state index contributed by atoms with van der Waals surface area (Å²) in [4.78, 5) is 11.5. The van der Waals surface area contributed by atoms with Crippen LogP contribution in [0.15, 0.2) is 0 Å². The smallest absolute Gasteiger partial charge is 0.322 e. The van der Waals surface area contributed by atoms with Gasteiger partial charge in [0.15, 0.2) is 0 Å². The highest BCUT2D eigenvalue weighted by Crippen LogP contribution is 2.35. The van der Waals surface area contributed by atoms with Gasteiger partial charge in [0.1, 0.15) is 6.04 Å². The molecule has 1 fully saturated rings. The van der Waals surface area contributed by atoms with Crippen molar-refractivity contribution >= 4 is 5.97 Å². The van der Waals surface area contributed by atoms with Crippen LogP contribution in [0.25, 0.3) is 0 Å². The zero-order valence-corrected chi connectivity index (χ0v) is 11.0. The monoisotopic (exact) mass is 243 g/mol. The average molecular weight is 243 g/mol. The van der Waals surface area contributed by atoms with Gasteiger partial charge < -0.3 is 15.2 Å². The number of aliphatic hydroxyl groups excluding tert-OH is 1. The lowest BCUT2D eigenvalue weighted by molar-refractivity contribution is -0.143. The molecule has 0 bridgehead atoms. The van der Waals surface area contributed by atoms with Gasteiger partial charge in [0, 0.05) is 18.6 Å². The third-order valence-corrected chi connectivity index (χ3v) is 3.87. The minimum absolute atomic E-state index is 0.0281. The third kappa shape index (κ3) is 3.96. The summed E-state index contributed by atoms with van der Waals surface area (Å²) >= 11 is 0. The van der Waals surface area contributed by atoms with Gasteiger partial charge in [0.25, 0.3) is 0 Å². The van der Waals surface area contributed by atoms with Crippen LogP contribution in [-0.4, -0.2) is 37.4 Å². The van der Waals surface area contributed by atoms with Gasteiger partial charge >= 0.3 is 5.97 Å². The molecule has 100 valence electrons. The number of carbonyl (C=O) groups is 1. The van der Waals surface area contributed by atoms with Crippen molar-refractivity contribution in [3.8, 4) is 0 Å². The van der Waals surface area contributed by atoms with Crippen LogP contribution in [0.5, 0.6) is 0 Å². The van der Waals surface area contributed by atoms with Gasteiger partial charge in [0.05, 0.1) is 7.11 Å². The molecular formula is C13H25NO3. The summed E-state index contributed by atoms with van der Waals surface area (Å²) < 4.78 is 4.75. The minimum atomic E-state index is -0.245. The Kier molecular flexibility index (Phi) is 5.92. The second-order valence-corrected chi connectivity index (χ2v) is 5.08. The Morgan fingerprint density at radius 3 is 2.53 bits per heavy atom. The van der Waals surface area contributed by atoms with Crippen molar-refractivity contribution in [3.63, 3.8) is 0 Å². The highest BCUT2D eigenvalue weighted by Gasteiger charge is 2.32. The lowest BCUT2D eigenvalue weighted by Gasteiger charge is -2.36. The SMILES string of the molecule is CCC(NCC1(CO)CCCCC1)C(=O)OC. The van der Waals surface area contributed by atoms with Crippen LogP contribution in [-0.2, 0) is 9.53 Å². The fourth-order valence-electron chi connectivity index (χ4n) is 2.57. The predicted octanol–water partition coefficient (Wildman–Crippen LogP) is 1.47. The molecule has 0 amide bonds.